The Morgan fingerprint density at radius 1 is 1.23 bits per heavy atom. The molecule has 0 fully saturated rings. The third-order valence-corrected chi connectivity index (χ3v) is 1.36. The van der Waals surface area contributed by atoms with Crippen LogP contribution in [-0.2, 0) is 9.59 Å². The number of carbonyl (C=O) groups excluding carboxylic acids is 1. The maximum atomic E-state index is 11.0. The Balaban J connectivity index is 3.59. The molecule has 3 nitrogen and oxygen atoms in total. The Hall–Kier alpha value is -1.38. The monoisotopic (exact) mass is 182 g/mol. The average molecular weight is 182 g/mol. The Morgan fingerprint density at radius 3 is 2.46 bits per heavy atom. The first-order valence-electron chi connectivity index (χ1n) is 4.25. The van der Waals surface area contributed by atoms with E-state index in [0.29, 0.717) is 12.8 Å². The predicted octanol–water partition coefficient (Wildman–Crippen LogP) is 1.94. The maximum Gasteiger partial charge on any atom is 0.327 e. The minimum Gasteiger partial charge on any atom is -0.478 e. The minimum atomic E-state index is -0.975. The van der Waals surface area contributed by atoms with Crippen LogP contribution >= 0.6 is 0 Å². The van der Waals surface area contributed by atoms with Crippen LogP contribution in [0.1, 0.15) is 26.2 Å². The van der Waals surface area contributed by atoms with E-state index in [0.717, 1.165) is 12.5 Å². The van der Waals surface area contributed by atoms with E-state index in [-0.39, 0.29) is 5.78 Å². The van der Waals surface area contributed by atoms with Gasteiger partial charge >= 0.3 is 5.97 Å². The highest BCUT2D eigenvalue weighted by Gasteiger charge is 1.93. The molecule has 0 aliphatic carbocycles. The van der Waals surface area contributed by atoms with Gasteiger partial charge in [-0.15, -0.1) is 0 Å². The van der Waals surface area contributed by atoms with Gasteiger partial charge in [-0.3, -0.25) is 4.79 Å². The first-order valence-corrected chi connectivity index (χ1v) is 4.25. The van der Waals surface area contributed by atoms with E-state index in [1.807, 2.05) is 6.92 Å². The van der Waals surface area contributed by atoms with Crippen LogP contribution < -0.4 is 0 Å². The van der Waals surface area contributed by atoms with E-state index < -0.39 is 5.97 Å². The number of carbonyl (C=O) groups is 2. The summed E-state index contributed by atoms with van der Waals surface area (Å²) in [4.78, 5) is 21.0. The lowest BCUT2D eigenvalue weighted by Crippen LogP contribution is -1.91. The van der Waals surface area contributed by atoms with E-state index >= 15 is 0 Å². The number of carboxylic acid groups (broad SMARTS) is 1. The first-order chi connectivity index (χ1) is 6.16. The topological polar surface area (TPSA) is 54.4 Å². The highest BCUT2D eigenvalue weighted by Crippen LogP contribution is 1.95. The molecule has 0 aliphatic rings. The van der Waals surface area contributed by atoms with Gasteiger partial charge in [0.25, 0.3) is 0 Å². The summed E-state index contributed by atoms with van der Waals surface area (Å²) < 4.78 is 0. The molecule has 0 aliphatic heterocycles. The minimum absolute atomic E-state index is 0.0388. The van der Waals surface area contributed by atoms with Gasteiger partial charge in [0, 0.05) is 12.5 Å². The second kappa shape index (κ2) is 7.28. The lowest BCUT2D eigenvalue weighted by Gasteiger charge is -1.88. The predicted molar refractivity (Wildman–Crippen MR) is 50.4 cm³/mol. The largest absolute Gasteiger partial charge is 0.478 e. The van der Waals surface area contributed by atoms with E-state index in [4.69, 9.17) is 5.11 Å². The molecule has 1 N–H and O–H groups in total. The molecule has 0 aromatic rings. The van der Waals surface area contributed by atoms with Gasteiger partial charge in [-0.25, -0.2) is 4.79 Å². The van der Waals surface area contributed by atoms with Gasteiger partial charge in [-0.1, -0.05) is 19.1 Å². The zero-order valence-corrected chi connectivity index (χ0v) is 7.69. The number of hydrogen-bond donors (Lipinski definition) is 1. The van der Waals surface area contributed by atoms with Crippen molar-refractivity contribution in [1.29, 1.82) is 0 Å². The van der Waals surface area contributed by atoms with Gasteiger partial charge in [-0.2, -0.15) is 0 Å². The molecule has 0 aromatic carbocycles. The van der Waals surface area contributed by atoms with Crippen LogP contribution in [0.25, 0.3) is 0 Å². The molecule has 3 heteroatoms. The number of aliphatic carboxylic acids is 1. The Morgan fingerprint density at radius 2 is 1.92 bits per heavy atom. The second-order valence-corrected chi connectivity index (χ2v) is 2.56. The standard InChI is InChI=1S/C10H14O3/c1-2-3-6-9(11)7-4-5-8-10(12)13/h3,5-6,8H,2,4,7H2,1H3,(H,12,13). The van der Waals surface area contributed by atoms with Crippen LogP contribution in [0.3, 0.4) is 0 Å². The Bertz CT molecular complexity index is 226. The number of ketones is 1. The molecular weight excluding hydrogens is 168 g/mol. The fourth-order valence-corrected chi connectivity index (χ4v) is 0.742. The third-order valence-electron chi connectivity index (χ3n) is 1.36. The van der Waals surface area contributed by atoms with Crippen LogP contribution in [0.15, 0.2) is 24.3 Å². The molecule has 0 heterocycles. The van der Waals surface area contributed by atoms with Crippen LogP contribution in [-0.4, -0.2) is 16.9 Å². The molecule has 13 heavy (non-hydrogen) atoms. The van der Waals surface area contributed by atoms with Crippen LogP contribution in [0.4, 0.5) is 0 Å². The summed E-state index contributed by atoms with van der Waals surface area (Å²) in [5, 5.41) is 8.23. The van der Waals surface area contributed by atoms with Gasteiger partial charge in [0.15, 0.2) is 5.78 Å². The van der Waals surface area contributed by atoms with Crippen molar-refractivity contribution in [1.82, 2.24) is 0 Å². The summed E-state index contributed by atoms with van der Waals surface area (Å²) in [6.45, 7) is 1.95. The Labute approximate surface area is 77.8 Å². The van der Waals surface area contributed by atoms with E-state index in [9.17, 15) is 9.59 Å². The molecule has 0 unspecified atom stereocenters. The van der Waals surface area contributed by atoms with Gasteiger partial charge in [-0.05, 0) is 18.9 Å². The number of allylic oxidation sites excluding steroid dienone is 3. The number of carboxylic acids is 1. The van der Waals surface area contributed by atoms with E-state index in [1.165, 1.54) is 12.2 Å². The average Bonchev–Trinajstić information content (AvgIpc) is 2.08. The quantitative estimate of drug-likeness (QED) is 0.639. The van der Waals surface area contributed by atoms with Crippen molar-refractivity contribution in [2.75, 3.05) is 0 Å². The normalized spacial score (nSPS) is 11.2. The van der Waals surface area contributed by atoms with Gasteiger partial charge in [0.2, 0.25) is 0 Å². The summed E-state index contributed by atoms with van der Waals surface area (Å²) in [5.41, 5.74) is 0. The summed E-state index contributed by atoms with van der Waals surface area (Å²) in [5.74, 6) is -0.937. The first kappa shape index (κ1) is 11.6. The highest BCUT2D eigenvalue weighted by atomic mass is 16.4. The molecule has 0 amide bonds. The fraction of sp³-hybridized carbons (Fsp3) is 0.400. The molecule has 0 radical (unpaired) electrons. The van der Waals surface area contributed by atoms with Crippen LogP contribution in [0.5, 0.6) is 0 Å². The maximum absolute atomic E-state index is 11.0. The number of hydrogen-bond acceptors (Lipinski definition) is 2. The van der Waals surface area contributed by atoms with E-state index in [1.54, 1.807) is 6.08 Å². The van der Waals surface area contributed by atoms with Crippen molar-refractivity contribution in [3.63, 3.8) is 0 Å². The van der Waals surface area contributed by atoms with Crippen LogP contribution in [0.2, 0.25) is 0 Å². The van der Waals surface area contributed by atoms with Crippen molar-refractivity contribution < 1.29 is 14.7 Å². The lowest BCUT2D eigenvalue weighted by molar-refractivity contribution is -0.131. The van der Waals surface area contributed by atoms with Crippen molar-refractivity contribution in [2.45, 2.75) is 26.2 Å². The van der Waals surface area contributed by atoms with Crippen molar-refractivity contribution in [2.24, 2.45) is 0 Å². The number of rotatable bonds is 6. The Kier molecular flexibility index (Phi) is 6.51. The van der Waals surface area contributed by atoms with Gasteiger partial charge in [0.05, 0.1) is 0 Å². The molecule has 0 atom stereocenters. The SMILES string of the molecule is CCC=CC(=O)CCC=CC(=O)O. The van der Waals surface area contributed by atoms with Crippen LogP contribution in [0, 0.1) is 0 Å². The highest BCUT2D eigenvalue weighted by molar-refractivity contribution is 5.89. The fourth-order valence-electron chi connectivity index (χ4n) is 0.742. The molecular formula is C10H14O3. The summed E-state index contributed by atoms with van der Waals surface area (Å²) in [6, 6.07) is 0. The molecule has 0 spiro atoms. The third kappa shape index (κ3) is 8.53. The van der Waals surface area contributed by atoms with Gasteiger partial charge < -0.3 is 5.11 Å². The van der Waals surface area contributed by atoms with Gasteiger partial charge in [0.1, 0.15) is 0 Å². The molecule has 0 saturated heterocycles. The zero-order valence-electron chi connectivity index (χ0n) is 7.69. The van der Waals surface area contributed by atoms with E-state index in [2.05, 4.69) is 0 Å². The zero-order chi connectivity index (χ0) is 10.1. The molecule has 0 bridgehead atoms. The molecule has 72 valence electrons. The molecule has 0 aromatic heterocycles. The smallest absolute Gasteiger partial charge is 0.327 e. The van der Waals surface area contributed by atoms with Crippen molar-refractivity contribution >= 4 is 11.8 Å². The summed E-state index contributed by atoms with van der Waals surface area (Å²) in [6.07, 6.45) is 7.57. The van der Waals surface area contributed by atoms with Crippen molar-refractivity contribution in [3.8, 4) is 0 Å². The lowest BCUT2D eigenvalue weighted by atomic mass is 10.2. The molecule has 0 saturated carbocycles. The molecule has 0 rings (SSSR count). The summed E-state index contributed by atoms with van der Waals surface area (Å²) >= 11 is 0. The second-order valence-electron chi connectivity index (χ2n) is 2.56. The van der Waals surface area contributed by atoms with Crippen molar-refractivity contribution in [3.05, 3.63) is 24.3 Å². The summed E-state index contributed by atoms with van der Waals surface area (Å²) in [7, 11) is 0.